The molecule has 0 heterocycles. The van der Waals surface area contributed by atoms with E-state index in [1.807, 2.05) is 0 Å². The van der Waals surface area contributed by atoms with Crippen LogP contribution in [-0.4, -0.2) is 47.3 Å². The van der Waals surface area contributed by atoms with Gasteiger partial charge in [-0.05, 0) is 5.12 Å². The Kier molecular flexibility index (Phi) is 5.36. The summed E-state index contributed by atoms with van der Waals surface area (Å²) in [5, 5.41) is -4.92. The van der Waals surface area contributed by atoms with Gasteiger partial charge in [-0.3, -0.25) is 0 Å². The molecule has 0 aliphatic heterocycles. The van der Waals surface area contributed by atoms with Gasteiger partial charge in [0, 0.05) is 0 Å². The van der Waals surface area contributed by atoms with Crippen LogP contribution in [0.3, 0.4) is 0 Å². The third kappa shape index (κ3) is 3.16. The Morgan fingerprint density at radius 1 is 0.400 bits per heavy atom. The molecular weight excluding hydrogens is 421 g/mol. The average Bonchev–Trinajstić information content (AvgIpc) is 2.20. The van der Waals surface area contributed by atoms with Crippen LogP contribution < -0.4 is 0 Å². The zero-order valence-electron chi connectivity index (χ0n) is 10.4. The van der Waals surface area contributed by atoms with Gasteiger partial charge in [0.25, 0.3) is 0 Å². The second kappa shape index (κ2) is 5.63. The molecule has 18 heteroatoms. The van der Waals surface area contributed by atoms with Gasteiger partial charge in [0.15, 0.2) is 0 Å². The predicted octanol–water partition coefficient (Wildman–Crippen LogP) is 5.39. The lowest BCUT2D eigenvalue weighted by Gasteiger charge is -2.45. The van der Waals surface area contributed by atoms with Crippen LogP contribution in [0.15, 0.2) is 0 Å². The summed E-state index contributed by atoms with van der Waals surface area (Å²) in [6, 6.07) is -8.26. The van der Waals surface area contributed by atoms with Crippen LogP contribution >= 0.6 is 0 Å². The molecule has 0 rings (SSSR count). The molecule has 152 valence electrons. The van der Waals surface area contributed by atoms with E-state index in [4.69, 9.17) is 0 Å². The molecule has 0 amide bonds. The Morgan fingerprint density at radius 2 is 0.640 bits per heavy atom. The van der Waals surface area contributed by atoms with Crippen LogP contribution in [0.1, 0.15) is 0 Å². The predicted molar refractivity (Wildman–Crippen MR) is 39.8 cm³/mol. The smallest absolute Gasteiger partial charge is 0.187 e. The van der Waals surface area contributed by atoms with Crippen molar-refractivity contribution in [1.82, 2.24) is 5.12 Å². The van der Waals surface area contributed by atoms with Crippen molar-refractivity contribution >= 4 is 0 Å². The third-order valence-electron chi connectivity index (χ3n) is 2.51. The van der Waals surface area contributed by atoms with Crippen molar-refractivity contribution in [2.75, 3.05) is 0 Å². The summed E-state index contributed by atoms with van der Waals surface area (Å²) in [4.78, 5) is 0. The zero-order chi connectivity index (χ0) is 21.1. The van der Waals surface area contributed by atoms with Gasteiger partial charge < -0.3 is 0 Å². The number of rotatable bonds is 3. The van der Waals surface area contributed by atoms with Gasteiger partial charge >= 0.3 is 42.2 Å². The fourth-order valence-corrected chi connectivity index (χ4v) is 1.32. The number of hydrogen-bond acceptors (Lipinski definition) is 1. The summed E-state index contributed by atoms with van der Waals surface area (Å²) in [6.07, 6.45) is -32.2. The first-order valence-corrected chi connectivity index (χ1v) is 4.89. The molecule has 0 unspecified atom stereocenters. The largest absolute Gasteiger partial charge is 0.461 e. The first kappa shape index (κ1) is 23.8. The molecule has 25 heavy (non-hydrogen) atoms. The maximum Gasteiger partial charge on any atom is 0.461 e. The van der Waals surface area contributed by atoms with Gasteiger partial charge in [0.05, 0.1) is 0 Å². The van der Waals surface area contributed by atoms with Crippen molar-refractivity contribution in [3.8, 4) is 0 Å². The van der Waals surface area contributed by atoms with Crippen molar-refractivity contribution in [3.05, 3.63) is 0 Å². The van der Waals surface area contributed by atoms with Crippen molar-refractivity contribution in [2.45, 2.75) is 42.2 Å². The molecule has 0 bridgehead atoms. The summed E-state index contributed by atoms with van der Waals surface area (Å²) in [5.41, 5.74) is -8.38. The van der Waals surface area contributed by atoms with Gasteiger partial charge in [-0.15, -0.1) is 4.48 Å². The molecular formula is C7F17N. The Balaban J connectivity index is 6.93. The fourth-order valence-electron chi connectivity index (χ4n) is 1.32. The van der Waals surface area contributed by atoms with Gasteiger partial charge in [-0.25, -0.2) is 0 Å². The number of halogens is 17. The normalized spacial score (nSPS) is 16.6. The maximum absolute atomic E-state index is 13.0. The topological polar surface area (TPSA) is 3.24 Å². The van der Waals surface area contributed by atoms with E-state index in [9.17, 15) is 74.7 Å². The van der Waals surface area contributed by atoms with Gasteiger partial charge in [0.1, 0.15) is 0 Å². The summed E-state index contributed by atoms with van der Waals surface area (Å²) in [7, 11) is 0. The molecule has 0 spiro atoms. The van der Waals surface area contributed by atoms with Crippen LogP contribution in [0.2, 0.25) is 0 Å². The molecule has 0 fully saturated rings. The molecule has 0 saturated carbocycles. The molecule has 0 aromatic heterocycles. The molecule has 0 saturated heterocycles. The van der Waals surface area contributed by atoms with Crippen molar-refractivity contribution < 1.29 is 74.7 Å². The highest BCUT2D eigenvalue weighted by Crippen LogP contribution is 2.61. The molecule has 0 aliphatic carbocycles. The second-order valence-electron chi connectivity index (χ2n) is 4.10. The molecule has 0 aromatic rings. The van der Waals surface area contributed by atoms with Crippen LogP contribution in [0.5, 0.6) is 0 Å². The van der Waals surface area contributed by atoms with Crippen molar-refractivity contribution in [2.24, 2.45) is 0 Å². The number of hydrogen-bond donors (Lipinski definition) is 0. The third-order valence-corrected chi connectivity index (χ3v) is 2.51. The summed E-state index contributed by atoms with van der Waals surface area (Å²) < 4.78 is 209. The Hall–Kier alpha value is -1.23. The van der Waals surface area contributed by atoms with E-state index in [1.54, 1.807) is 0 Å². The molecule has 0 N–H and O–H groups in total. The zero-order valence-corrected chi connectivity index (χ0v) is 10.4. The Bertz CT molecular complexity index is 437. The van der Waals surface area contributed by atoms with Gasteiger partial charge in [-0.1, -0.05) is 0 Å². The van der Waals surface area contributed by atoms with Gasteiger partial charge in [-0.2, -0.15) is 70.2 Å². The SMILES string of the molecule is FN(C(F)(F)C(F)(F)C(F)(F)F)C(C(F)(F)F)(C(F)(F)F)C(F)(F)F. The van der Waals surface area contributed by atoms with Crippen LogP contribution in [0, 0.1) is 0 Å². The minimum absolute atomic E-state index is 4.92. The summed E-state index contributed by atoms with van der Waals surface area (Å²) in [5.74, 6) is -8.07. The standard InChI is InChI=1S/C7F17N/c8-2(9,6(19,20)21)7(22,23)25(24)1(3(10,11)12,4(13,14)15)5(16,17)18. The Labute approximate surface area is 123 Å². The average molecular weight is 421 g/mol. The molecule has 0 radical (unpaired) electrons. The number of alkyl halides is 16. The van der Waals surface area contributed by atoms with Crippen LogP contribution in [0.25, 0.3) is 0 Å². The van der Waals surface area contributed by atoms with Crippen LogP contribution in [0.4, 0.5) is 74.7 Å². The summed E-state index contributed by atoms with van der Waals surface area (Å²) in [6.45, 7) is 0. The lowest BCUT2D eigenvalue weighted by atomic mass is 9.95. The highest BCUT2D eigenvalue weighted by Gasteiger charge is 2.93. The minimum atomic E-state index is -8.38. The lowest BCUT2D eigenvalue weighted by Crippen LogP contribution is -2.78. The quantitative estimate of drug-likeness (QED) is 0.336. The molecule has 0 aromatic carbocycles. The van der Waals surface area contributed by atoms with E-state index in [0.717, 1.165) is 0 Å². The Morgan fingerprint density at radius 3 is 0.800 bits per heavy atom. The van der Waals surface area contributed by atoms with E-state index >= 15 is 0 Å². The maximum atomic E-state index is 13.0. The van der Waals surface area contributed by atoms with Crippen LogP contribution in [-0.2, 0) is 0 Å². The van der Waals surface area contributed by atoms with E-state index < -0.39 is 47.3 Å². The number of nitrogens with zero attached hydrogens (tertiary/aromatic N) is 1. The first-order chi connectivity index (χ1) is 10.4. The summed E-state index contributed by atoms with van der Waals surface area (Å²) >= 11 is 0. The lowest BCUT2D eigenvalue weighted by molar-refractivity contribution is -0.510. The monoisotopic (exact) mass is 421 g/mol. The second-order valence-corrected chi connectivity index (χ2v) is 4.10. The molecule has 1 nitrogen and oxygen atoms in total. The van der Waals surface area contributed by atoms with Gasteiger partial charge in [0.2, 0.25) is 0 Å². The first-order valence-electron chi connectivity index (χ1n) is 4.89. The van der Waals surface area contributed by atoms with E-state index in [2.05, 4.69) is 0 Å². The molecule has 0 atom stereocenters. The fraction of sp³-hybridized carbons (Fsp3) is 1.00. The van der Waals surface area contributed by atoms with Crippen molar-refractivity contribution in [3.63, 3.8) is 0 Å². The van der Waals surface area contributed by atoms with E-state index in [1.165, 1.54) is 0 Å². The minimum Gasteiger partial charge on any atom is -0.187 e. The molecule has 0 aliphatic rings. The highest BCUT2D eigenvalue weighted by atomic mass is 19.4. The van der Waals surface area contributed by atoms with E-state index in [-0.39, 0.29) is 0 Å². The van der Waals surface area contributed by atoms with Crippen molar-refractivity contribution in [1.29, 1.82) is 0 Å². The van der Waals surface area contributed by atoms with E-state index in [0.29, 0.717) is 0 Å². The highest BCUT2D eigenvalue weighted by molar-refractivity contribution is 5.10.